The van der Waals surface area contributed by atoms with E-state index in [2.05, 4.69) is 97.9 Å². The minimum absolute atomic E-state index is 1.10. The number of thiophene rings is 2. The van der Waals surface area contributed by atoms with Crippen LogP contribution in [-0.2, 0) is 25.7 Å². The van der Waals surface area contributed by atoms with Gasteiger partial charge in [0.1, 0.15) is 0 Å². The minimum Gasteiger partial charge on any atom is -0.140 e. The number of hydrogen-bond acceptors (Lipinski definition) is 2. The van der Waals surface area contributed by atoms with Crippen LogP contribution in [0.15, 0.2) is 91.0 Å². The normalized spacial score (nSPS) is 12.0. The largest absolute Gasteiger partial charge is 0.140 e. The second-order valence-corrected chi connectivity index (χ2v) is 12.0. The summed E-state index contributed by atoms with van der Waals surface area (Å²) in [5, 5.41) is 2.79. The van der Waals surface area contributed by atoms with Crippen LogP contribution in [0.3, 0.4) is 0 Å². The van der Waals surface area contributed by atoms with Gasteiger partial charge < -0.3 is 0 Å². The lowest BCUT2D eigenvalue weighted by Gasteiger charge is -2.25. The molecule has 0 nitrogen and oxygen atoms in total. The molecule has 1 aliphatic rings. The topological polar surface area (TPSA) is 0 Å². The van der Waals surface area contributed by atoms with Gasteiger partial charge in [-0.1, -0.05) is 84.4 Å². The van der Waals surface area contributed by atoms with Crippen LogP contribution < -0.4 is 0 Å². The molecule has 0 saturated heterocycles. The van der Waals surface area contributed by atoms with Crippen molar-refractivity contribution in [1.82, 2.24) is 0 Å². The highest BCUT2D eigenvalue weighted by Gasteiger charge is 2.28. The molecule has 0 amide bonds. The summed E-state index contributed by atoms with van der Waals surface area (Å²) in [5.74, 6) is 0. The molecule has 0 radical (unpaired) electrons. The smallest absolute Gasteiger partial charge is 0.0430 e. The first-order chi connectivity index (χ1) is 17.2. The third-order valence-electron chi connectivity index (χ3n) is 7.30. The lowest BCUT2D eigenvalue weighted by Crippen LogP contribution is -1.98. The van der Waals surface area contributed by atoms with E-state index in [4.69, 9.17) is 0 Å². The van der Waals surface area contributed by atoms with Crippen molar-refractivity contribution in [2.75, 3.05) is 0 Å². The van der Waals surface area contributed by atoms with E-state index < -0.39 is 0 Å². The summed E-state index contributed by atoms with van der Waals surface area (Å²) < 4.78 is 2.93. The fourth-order valence-corrected chi connectivity index (χ4v) is 7.82. The van der Waals surface area contributed by atoms with Crippen LogP contribution in [0.4, 0.5) is 0 Å². The summed E-state index contributed by atoms with van der Waals surface area (Å²) in [6, 6.07) is 34.0. The van der Waals surface area contributed by atoms with E-state index in [1.807, 2.05) is 22.7 Å². The molecule has 170 valence electrons. The lowest BCUT2D eigenvalue weighted by molar-refractivity contribution is 0.980. The Hall–Kier alpha value is -3.20. The number of hydrogen-bond donors (Lipinski definition) is 0. The predicted octanol–water partition coefficient (Wildman–Crippen LogP) is 9.64. The molecule has 4 aromatic carbocycles. The maximum Gasteiger partial charge on any atom is 0.0430 e. The van der Waals surface area contributed by atoms with E-state index in [-0.39, 0.29) is 0 Å². The van der Waals surface area contributed by atoms with Crippen LogP contribution in [0.2, 0.25) is 0 Å². The molecule has 0 N–H and O–H groups in total. The highest BCUT2D eigenvalue weighted by Crippen LogP contribution is 2.56. The Balaban J connectivity index is 1.17. The van der Waals surface area contributed by atoms with Gasteiger partial charge in [-0.05, 0) is 77.8 Å². The zero-order valence-electron chi connectivity index (χ0n) is 19.8. The van der Waals surface area contributed by atoms with Crippen molar-refractivity contribution in [3.63, 3.8) is 0 Å². The van der Waals surface area contributed by atoms with Crippen molar-refractivity contribution >= 4 is 42.8 Å². The summed E-state index contributed by atoms with van der Waals surface area (Å²) in [5.41, 5.74) is 10.0. The first kappa shape index (κ1) is 21.1. The molecule has 0 spiro atoms. The summed E-state index contributed by atoms with van der Waals surface area (Å²) in [4.78, 5) is 2.98. The van der Waals surface area contributed by atoms with E-state index in [9.17, 15) is 0 Å². The second kappa shape index (κ2) is 8.48. The Kier molecular flexibility index (Phi) is 5.11. The number of rotatable bonds is 6. The molecule has 2 aromatic heterocycles. The zero-order chi connectivity index (χ0) is 23.4. The molecule has 0 saturated carbocycles. The van der Waals surface area contributed by atoms with Crippen molar-refractivity contribution in [2.45, 2.75) is 32.6 Å². The van der Waals surface area contributed by atoms with E-state index >= 15 is 0 Å². The van der Waals surface area contributed by atoms with Gasteiger partial charge in [0.25, 0.3) is 0 Å². The number of benzene rings is 4. The molecule has 0 atom stereocenters. The monoisotopic (exact) mass is 486 g/mol. The molecule has 6 aromatic rings. The molecule has 1 aliphatic carbocycles. The van der Waals surface area contributed by atoms with Crippen LogP contribution >= 0.6 is 22.7 Å². The van der Waals surface area contributed by atoms with Crippen LogP contribution in [0.25, 0.3) is 42.4 Å². The standard InChI is InChI=1S/C33H26S2/c1-21-7-9-23(10-8-21)12-16-27-20-25-14-18-29-30-28(31(29)33(25)35-27)17-13-24-19-26(34-32(24)30)15-11-22-5-3-2-4-6-22/h2-10,13-14,17-20H,11-12,15-16H2,1H3. The van der Waals surface area contributed by atoms with Gasteiger partial charge in [0, 0.05) is 30.3 Å². The van der Waals surface area contributed by atoms with Crippen LogP contribution in [0.1, 0.15) is 26.4 Å². The summed E-state index contributed by atoms with van der Waals surface area (Å²) >= 11 is 3.99. The van der Waals surface area contributed by atoms with Crippen molar-refractivity contribution < 1.29 is 0 Å². The van der Waals surface area contributed by atoms with E-state index in [0.29, 0.717) is 0 Å². The third-order valence-corrected chi connectivity index (χ3v) is 9.75. The Morgan fingerprint density at radius 3 is 1.57 bits per heavy atom. The first-order valence-corrected chi connectivity index (χ1v) is 14.1. The van der Waals surface area contributed by atoms with E-state index in [1.54, 1.807) is 0 Å². The highest BCUT2D eigenvalue weighted by molar-refractivity contribution is 7.20. The van der Waals surface area contributed by atoms with Gasteiger partial charge in [-0.2, -0.15) is 0 Å². The Morgan fingerprint density at radius 2 is 1.03 bits per heavy atom. The first-order valence-electron chi connectivity index (χ1n) is 12.4. The fraction of sp³-hybridized carbons (Fsp3) is 0.152. The van der Waals surface area contributed by atoms with Gasteiger partial charge in [-0.3, -0.25) is 0 Å². The quantitative estimate of drug-likeness (QED) is 0.219. The highest BCUT2D eigenvalue weighted by atomic mass is 32.1. The van der Waals surface area contributed by atoms with Gasteiger partial charge in [-0.15, -0.1) is 22.7 Å². The molecule has 2 heterocycles. The van der Waals surface area contributed by atoms with Crippen molar-refractivity contribution in [3.05, 3.63) is 117 Å². The Labute approximate surface area is 214 Å². The molecule has 0 aliphatic heterocycles. The molecular weight excluding hydrogens is 460 g/mol. The van der Waals surface area contributed by atoms with E-state index in [1.165, 1.54) is 68.9 Å². The average Bonchev–Trinajstić information content (AvgIpc) is 3.47. The van der Waals surface area contributed by atoms with Crippen LogP contribution in [0.5, 0.6) is 0 Å². The molecule has 35 heavy (non-hydrogen) atoms. The van der Waals surface area contributed by atoms with Crippen molar-refractivity contribution in [3.8, 4) is 22.3 Å². The second-order valence-electron chi connectivity index (χ2n) is 9.71. The minimum atomic E-state index is 1.10. The number of aryl methyl sites for hydroxylation is 5. The van der Waals surface area contributed by atoms with E-state index in [0.717, 1.165) is 25.7 Å². The van der Waals surface area contributed by atoms with Crippen LogP contribution in [-0.4, -0.2) is 0 Å². The lowest BCUT2D eigenvalue weighted by atomic mass is 9.79. The van der Waals surface area contributed by atoms with Gasteiger partial charge in [-0.25, -0.2) is 0 Å². The van der Waals surface area contributed by atoms with Crippen LogP contribution in [0, 0.1) is 6.92 Å². The Bertz CT molecular complexity index is 1680. The fourth-order valence-electron chi connectivity index (χ4n) is 5.38. The van der Waals surface area contributed by atoms with Gasteiger partial charge >= 0.3 is 0 Å². The summed E-state index contributed by atoms with van der Waals surface area (Å²) in [7, 11) is 0. The van der Waals surface area contributed by atoms with Gasteiger partial charge in [0.2, 0.25) is 0 Å². The molecule has 0 fully saturated rings. The van der Waals surface area contributed by atoms with Crippen molar-refractivity contribution in [2.24, 2.45) is 0 Å². The molecule has 0 bridgehead atoms. The Morgan fingerprint density at radius 1 is 0.514 bits per heavy atom. The maximum atomic E-state index is 2.41. The summed E-state index contributed by atoms with van der Waals surface area (Å²) in [6.07, 6.45) is 4.43. The molecular formula is C33H26S2. The SMILES string of the molecule is Cc1ccc(CCc2cc3ccc4c(c3s2)-c2ccc3cc(CCc5ccccc5)sc3c2-4)cc1. The van der Waals surface area contributed by atoms with Gasteiger partial charge in [0.05, 0.1) is 0 Å². The molecule has 7 rings (SSSR count). The number of fused-ring (bicyclic) bond motifs is 8. The molecule has 2 heteroatoms. The zero-order valence-corrected chi connectivity index (χ0v) is 21.4. The molecule has 0 unspecified atom stereocenters. The average molecular weight is 487 g/mol. The van der Waals surface area contributed by atoms with Gasteiger partial charge in [0.15, 0.2) is 0 Å². The predicted molar refractivity (Wildman–Crippen MR) is 154 cm³/mol. The maximum absolute atomic E-state index is 2.41. The third kappa shape index (κ3) is 3.73. The summed E-state index contributed by atoms with van der Waals surface area (Å²) in [6.45, 7) is 2.15. The van der Waals surface area contributed by atoms with Crippen molar-refractivity contribution in [1.29, 1.82) is 0 Å².